The summed E-state index contributed by atoms with van der Waals surface area (Å²) in [6.07, 6.45) is -3.94. The number of ether oxygens (including phenoxy) is 1. The number of benzene rings is 1. The minimum absolute atomic E-state index is 0.157. The van der Waals surface area contributed by atoms with E-state index >= 15 is 0 Å². The Balaban J connectivity index is 1.76. The van der Waals surface area contributed by atoms with Gasteiger partial charge in [0.25, 0.3) is 0 Å². The SMILES string of the molecule is O=C(CCNC(=O)OCC(F)(F)F)Nc1ncc(Cc2cc(Cl)ccc2Cl)s1. The molecule has 2 aromatic rings. The van der Waals surface area contributed by atoms with Crippen LogP contribution in [-0.4, -0.2) is 36.3 Å². The van der Waals surface area contributed by atoms with Gasteiger partial charge in [-0.25, -0.2) is 9.78 Å². The van der Waals surface area contributed by atoms with Crippen molar-refractivity contribution in [3.63, 3.8) is 0 Å². The Kier molecular flexibility index (Phi) is 7.90. The molecular formula is C16H14Cl2F3N3O3S. The Bertz CT molecular complexity index is 846. The number of hydrogen-bond acceptors (Lipinski definition) is 5. The van der Waals surface area contributed by atoms with Crippen LogP contribution in [0.25, 0.3) is 0 Å². The van der Waals surface area contributed by atoms with E-state index in [1.807, 2.05) is 0 Å². The second-order valence-electron chi connectivity index (χ2n) is 5.46. The topological polar surface area (TPSA) is 80.3 Å². The van der Waals surface area contributed by atoms with Crippen LogP contribution in [0.3, 0.4) is 0 Å². The van der Waals surface area contributed by atoms with Crippen LogP contribution < -0.4 is 10.6 Å². The van der Waals surface area contributed by atoms with Gasteiger partial charge < -0.3 is 15.4 Å². The fourth-order valence-corrected chi connectivity index (χ4v) is 3.20. The Morgan fingerprint density at radius 1 is 1.25 bits per heavy atom. The van der Waals surface area contributed by atoms with E-state index < -0.39 is 24.8 Å². The van der Waals surface area contributed by atoms with Gasteiger partial charge in [0.05, 0.1) is 0 Å². The zero-order chi connectivity index (χ0) is 20.7. The van der Waals surface area contributed by atoms with Gasteiger partial charge in [0, 0.05) is 40.5 Å². The van der Waals surface area contributed by atoms with E-state index in [1.54, 1.807) is 24.4 Å². The molecule has 0 bridgehead atoms. The maximum atomic E-state index is 11.9. The first kappa shape index (κ1) is 22.3. The maximum absolute atomic E-state index is 11.9. The molecule has 0 aliphatic rings. The highest BCUT2D eigenvalue weighted by Gasteiger charge is 2.29. The summed E-state index contributed by atoms with van der Waals surface area (Å²) in [7, 11) is 0. The molecule has 2 rings (SSSR count). The number of amides is 2. The van der Waals surface area contributed by atoms with Gasteiger partial charge in [-0.05, 0) is 23.8 Å². The van der Waals surface area contributed by atoms with E-state index in [-0.39, 0.29) is 13.0 Å². The lowest BCUT2D eigenvalue weighted by Crippen LogP contribution is -2.31. The molecule has 28 heavy (non-hydrogen) atoms. The molecule has 0 saturated heterocycles. The van der Waals surface area contributed by atoms with Gasteiger partial charge in [-0.2, -0.15) is 13.2 Å². The Morgan fingerprint density at radius 2 is 2.00 bits per heavy atom. The van der Waals surface area contributed by atoms with Crippen molar-refractivity contribution in [2.45, 2.75) is 19.0 Å². The molecule has 0 aliphatic carbocycles. The number of nitrogens with one attached hydrogen (secondary N) is 2. The smallest absolute Gasteiger partial charge is 0.422 e. The minimum atomic E-state index is -4.60. The second kappa shape index (κ2) is 9.94. The maximum Gasteiger partial charge on any atom is 0.422 e. The normalized spacial score (nSPS) is 11.2. The Morgan fingerprint density at radius 3 is 2.71 bits per heavy atom. The molecule has 2 N–H and O–H groups in total. The van der Waals surface area contributed by atoms with Crippen LogP contribution in [0.15, 0.2) is 24.4 Å². The average Bonchev–Trinajstić information content (AvgIpc) is 3.02. The number of halogens is 5. The molecule has 0 radical (unpaired) electrons. The molecule has 0 unspecified atom stereocenters. The highest BCUT2D eigenvalue weighted by atomic mass is 35.5. The van der Waals surface area contributed by atoms with Gasteiger partial charge >= 0.3 is 12.3 Å². The van der Waals surface area contributed by atoms with Crippen LogP contribution in [0.5, 0.6) is 0 Å². The molecule has 0 saturated carbocycles. The molecule has 0 aliphatic heterocycles. The van der Waals surface area contributed by atoms with Crippen LogP contribution in [0.2, 0.25) is 10.0 Å². The highest BCUT2D eigenvalue weighted by molar-refractivity contribution is 7.15. The number of alkyl halides is 3. The number of rotatable bonds is 7. The van der Waals surface area contributed by atoms with Crippen molar-refractivity contribution in [2.75, 3.05) is 18.5 Å². The third-order valence-corrected chi connectivity index (χ3v) is 4.68. The zero-order valence-corrected chi connectivity index (χ0v) is 16.4. The van der Waals surface area contributed by atoms with Crippen molar-refractivity contribution in [3.8, 4) is 0 Å². The molecule has 0 spiro atoms. The summed E-state index contributed by atoms with van der Waals surface area (Å²) in [6.45, 7) is -1.87. The van der Waals surface area contributed by atoms with Gasteiger partial charge in [-0.3, -0.25) is 4.79 Å². The standard InChI is InChI=1S/C16H14Cl2F3N3O3S/c17-10-1-2-12(18)9(5-10)6-11-7-23-14(28-11)24-13(25)3-4-22-15(26)27-8-16(19,20)21/h1-2,5,7H,3-4,6,8H2,(H,22,26)(H,23,24,25). The number of thiazole rings is 1. The first-order chi connectivity index (χ1) is 13.1. The number of alkyl carbamates (subject to hydrolysis) is 1. The number of carbonyl (C=O) groups is 2. The van der Waals surface area contributed by atoms with Gasteiger partial charge in [0.2, 0.25) is 5.91 Å². The molecule has 152 valence electrons. The van der Waals surface area contributed by atoms with Gasteiger partial charge in [0.1, 0.15) is 0 Å². The Labute approximate surface area is 172 Å². The summed E-state index contributed by atoms with van der Waals surface area (Å²) in [5.74, 6) is -0.460. The van der Waals surface area contributed by atoms with Crippen molar-refractivity contribution in [3.05, 3.63) is 44.9 Å². The number of aromatic nitrogens is 1. The quantitative estimate of drug-likeness (QED) is 0.636. The third kappa shape index (κ3) is 7.91. The van der Waals surface area contributed by atoms with Crippen LogP contribution in [0, 0.1) is 0 Å². The molecule has 1 aromatic carbocycles. The first-order valence-corrected chi connectivity index (χ1v) is 9.35. The van der Waals surface area contributed by atoms with E-state index in [2.05, 4.69) is 20.4 Å². The van der Waals surface area contributed by atoms with Gasteiger partial charge in [0.15, 0.2) is 11.7 Å². The van der Waals surface area contributed by atoms with Crippen LogP contribution in [0.1, 0.15) is 16.9 Å². The van der Waals surface area contributed by atoms with Crippen LogP contribution in [-0.2, 0) is 16.0 Å². The summed E-state index contributed by atoms with van der Waals surface area (Å²) in [4.78, 5) is 27.8. The fraction of sp³-hybridized carbons (Fsp3) is 0.312. The average molecular weight is 456 g/mol. The van der Waals surface area contributed by atoms with Crippen molar-refractivity contribution in [1.29, 1.82) is 0 Å². The summed E-state index contributed by atoms with van der Waals surface area (Å²) >= 11 is 13.3. The van der Waals surface area contributed by atoms with E-state index in [9.17, 15) is 22.8 Å². The highest BCUT2D eigenvalue weighted by Crippen LogP contribution is 2.27. The number of anilines is 1. The van der Waals surface area contributed by atoms with Gasteiger partial charge in [-0.1, -0.05) is 23.2 Å². The second-order valence-corrected chi connectivity index (χ2v) is 7.42. The lowest BCUT2D eigenvalue weighted by molar-refractivity contribution is -0.160. The number of hydrogen-bond donors (Lipinski definition) is 2. The minimum Gasteiger partial charge on any atom is -0.440 e. The summed E-state index contributed by atoms with van der Waals surface area (Å²) < 4.78 is 39.7. The van der Waals surface area contributed by atoms with Crippen molar-refractivity contribution in [1.82, 2.24) is 10.3 Å². The molecule has 6 nitrogen and oxygen atoms in total. The molecule has 1 aromatic heterocycles. The lowest BCUT2D eigenvalue weighted by Gasteiger charge is -2.08. The van der Waals surface area contributed by atoms with E-state index in [0.717, 1.165) is 10.4 Å². The number of carbonyl (C=O) groups excluding carboxylic acids is 2. The predicted molar refractivity (Wildman–Crippen MR) is 100 cm³/mol. The van der Waals surface area contributed by atoms with Crippen molar-refractivity contribution < 1.29 is 27.5 Å². The predicted octanol–water partition coefficient (Wildman–Crippen LogP) is 4.66. The van der Waals surface area contributed by atoms with Crippen LogP contribution >= 0.6 is 34.5 Å². The zero-order valence-electron chi connectivity index (χ0n) is 14.1. The third-order valence-electron chi connectivity index (χ3n) is 3.16. The summed E-state index contributed by atoms with van der Waals surface area (Å²) in [5.41, 5.74) is 0.817. The molecular weight excluding hydrogens is 442 g/mol. The van der Waals surface area contributed by atoms with Crippen molar-refractivity contribution in [2.24, 2.45) is 0 Å². The fourth-order valence-electron chi connectivity index (χ4n) is 1.97. The lowest BCUT2D eigenvalue weighted by atomic mass is 10.1. The number of nitrogens with zero attached hydrogens (tertiary/aromatic N) is 1. The first-order valence-electron chi connectivity index (χ1n) is 7.78. The van der Waals surface area contributed by atoms with Crippen LogP contribution in [0.4, 0.5) is 23.1 Å². The van der Waals surface area contributed by atoms with E-state index in [0.29, 0.717) is 21.6 Å². The Hall–Kier alpha value is -2.04. The monoisotopic (exact) mass is 455 g/mol. The molecule has 12 heteroatoms. The molecule has 1 heterocycles. The summed E-state index contributed by atoms with van der Waals surface area (Å²) in [6, 6.07) is 5.11. The van der Waals surface area contributed by atoms with Crippen molar-refractivity contribution >= 4 is 51.7 Å². The largest absolute Gasteiger partial charge is 0.440 e. The van der Waals surface area contributed by atoms with Gasteiger partial charge in [-0.15, -0.1) is 11.3 Å². The van der Waals surface area contributed by atoms with E-state index in [1.165, 1.54) is 11.3 Å². The summed E-state index contributed by atoms with van der Waals surface area (Å²) in [5, 5.41) is 6.06. The molecule has 0 fully saturated rings. The molecule has 0 atom stereocenters. The van der Waals surface area contributed by atoms with E-state index in [4.69, 9.17) is 23.2 Å². The molecule has 2 amide bonds.